The SMILES string of the molecule is CN(C(=O)Cc1ccc(F)cc1F)[C@@H]1CCc2[c]c3ccccc3n2C1. The maximum absolute atomic E-state index is 13.8. The van der Waals surface area contributed by atoms with Crippen LogP contribution in [0.1, 0.15) is 17.7 Å². The summed E-state index contributed by atoms with van der Waals surface area (Å²) in [5.74, 6) is -1.48. The summed E-state index contributed by atoms with van der Waals surface area (Å²) in [5.41, 5.74) is 2.50. The maximum atomic E-state index is 13.8. The molecule has 0 fully saturated rings. The Balaban J connectivity index is 1.51. The van der Waals surface area contributed by atoms with Crippen LogP contribution in [0.2, 0.25) is 0 Å². The summed E-state index contributed by atoms with van der Waals surface area (Å²) in [6, 6.07) is 14.9. The van der Waals surface area contributed by atoms with Crippen LogP contribution in [0.5, 0.6) is 0 Å². The molecule has 0 aliphatic carbocycles. The number of amides is 1. The van der Waals surface area contributed by atoms with Gasteiger partial charge in [-0.3, -0.25) is 4.79 Å². The summed E-state index contributed by atoms with van der Waals surface area (Å²) in [5, 5.41) is 1.09. The van der Waals surface area contributed by atoms with Gasteiger partial charge in [-0.2, -0.15) is 0 Å². The molecule has 3 aromatic rings. The van der Waals surface area contributed by atoms with Gasteiger partial charge in [0, 0.05) is 48.4 Å². The Morgan fingerprint density at radius 1 is 1.27 bits per heavy atom. The van der Waals surface area contributed by atoms with Crippen molar-refractivity contribution in [3.63, 3.8) is 0 Å². The van der Waals surface area contributed by atoms with Gasteiger partial charge in [0.2, 0.25) is 5.91 Å². The van der Waals surface area contributed by atoms with Gasteiger partial charge in [0.15, 0.2) is 0 Å². The molecule has 0 saturated heterocycles. The summed E-state index contributed by atoms with van der Waals surface area (Å²) in [7, 11) is 1.76. The lowest BCUT2D eigenvalue weighted by atomic mass is 10.0. The molecule has 1 atom stereocenters. The third kappa shape index (κ3) is 2.98. The largest absolute Gasteiger partial charge is 0.342 e. The molecule has 26 heavy (non-hydrogen) atoms. The van der Waals surface area contributed by atoms with E-state index in [4.69, 9.17) is 0 Å². The predicted molar refractivity (Wildman–Crippen MR) is 95.7 cm³/mol. The lowest BCUT2D eigenvalue weighted by Crippen LogP contribution is -2.43. The smallest absolute Gasteiger partial charge is 0.227 e. The van der Waals surface area contributed by atoms with Crippen LogP contribution in [0, 0.1) is 17.7 Å². The van der Waals surface area contributed by atoms with Gasteiger partial charge in [-0.05, 0) is 30.5 Å². The maximum Gasteiger partial charge on any atom is 0.227 e. The van der Waals surface area contributed by atoms with Crippen LogP contribution in [0.3, 0.4) is 0 Å². The lowest BCUT2D eigenvalue weighted by molar-refractivity contribution is -0.131. The minimum Gasteiger partial charge on any atom is -0.342 e. The number of fused-ring (bicyclic) bond motifs is 3. The first-order valence-electron chi connectivity index (χ1n) is 8.72. The van der Waals surface area contributed by atoms with Gasteiger partial charge in [-0.25, -0.2) is 8.78 Å². The van der Waals surface area contributed by atoms with Crippen LogP contribution in [0.25, 0.3) is 10.9 Å². The van der Waals surface area contributed by atoms with Crippen molar-refractivity contribution < 1.29 is 13.6 Å². The molecule has 0 saturated carbocycles. The highest BCUT2D eigenvalue weighted by molar-refractivity contribution is 5.81. The molecule has 4 rings (SSSR count). The Labute approximate surface area is 150 Å². The molecule has 0 bridgehead atoms. The third-order valence-electron chi connectivity index (χ3n) is 5.21. The minimum absolute atomic E-state index is 0.0442. The van der Waals surface area contributed by atoms with Gasteiger partial charge in [0.25, 0.3) is 0 Å². The first-order chi connectivity index (χ1) is 12.5. The van der Waals surface area contributed by atoms with Crippen LogP contribution >= 0.6 is 0 Å². The summed E-state index contributed by atoms with van der Waals surface area (Å²) >= 11 is 0. The van der Waals surface area contributed by atoms with E-state index in [1.807, 2.05) is 18.2 Å². The van der Waals surface area contributed by atoms with Crippen LogP contribution in [-0.2, 0) is 24.2 Å². The van der Waals surface area contributed by atoms with Crippen molar-refractivity contribution in [2.45, 2.75) is 31.8 Å². The second-order valence-electron chi connectivity index (χ2n) is 6.81. The van der Waals surface area contributed by atoms with Crippen molar-refractivity contribution in [2.24, 2.45) is 0 Å². The van der Waals surface area contributed by atoms with E-state index in [0.29, 0.717) is 6.54 Å². The van der Waals surface area contributed by atoms with Gasteiger partial charge in [0.05, 0.1) is 6.42 Å². The zero-order valence-corrected chi connectivity index (χ0v) is 14.5. The fraction of sp³-hybridized carbons (Fsp3) is 0.286. The fourth-order valence-electron chi connectivity index (χ4n) is 3.67. The van der Waals surface area contributed by atoms with Crippen LogP contribution in [-0.4, -0.2) is 28.5 Å². The first kappa shape index (κ1) is 16.8. The number of para-hydroxylation sites is 1. The Kier molecular flexibility index (Phi) is 4.23. The van der Waals surface area contributed by atoms with Crippen molar-refractivity contribution in [1.82, 2.24) is 9.47 Å². The molecule has 0 unspecified atom stereocenters. The number of carbonyl (C=O) groups excluding carboxylic acids is 1. The van der Waals surface area contributed by atoms with Crippen molar-refractivity contribution in [2.75, 3.05) is 7.05 Å². The Bertz CT molecular complexity index is 979. The number of hydrogen-bond donors (Lipinski definition) is 0. The Morgan fingerprint density at radius 2 is 2.08 bits per heavy atom. The summed E-state index contributed by atoms with van der Waals surface area (Å²) < 4.78 is 29.1. The molecular formula is C21H19F2N2O. The molecule has 133 valence electrons. The number of likely N-dealkylation sites (N-methyl/N-ethyl adjacent to an activating group) is 1. The number of aryl methyl sites for hydroxylation is 1. The second kappa shape index (κ2) is 6.56. The Morgan fingerprint density at radius 3 is 2.88 bits per heavy atom. The number of hydrogen-bond acceptors (Lipinski definition) is 1. The molecule has 5 heteroatoms. The number of benzene rings is 2. The average molecular weight is 353 g/mol. The summed E-state index contributed by atoms with van der Waals surface area (Å²) in [6.45, 7) is 0.702. The van der Waals surface area contributed by atoms with E-state index in [2.05, 4.69) is 16.7 Å². The van der Waals surface area contributed by atoms with Crippen molar-refractivity contribution in [3.8, 4) is 0 Å². The van der Waals surface area contributed by atoms with Gasteiger partial charge in [0.1, 0.15) is 11.6 Å². The second-order valence-corrected chi connectivity index (χ2v) is 6.81. The summed E-state index contributed by atoms with van der Waals surface area (Å²) in [6.07, 6.45) is 1.63. The molecule has 3 nitrogen and oxygen atoms in total. The highest BCUT2D eigenvalue weighted by Crippen LogP contribution is 2.26. The molecule has 1 aliphatic heterocycles. The molecule has 0 spiro atoms. The first-order valence-corrected chi connectivity index (χ1v) is 8.72. The number of carbonyl (C=O) groups is 1. The number of halogens is 2. The van der Waals surface area contributed by atoms with E-state index in [1.165, 1.54) is 12.1 Å². The number of rotatable bonds is 3. The van der Waals surface area contributed by atoms with E-state index in [1.54, 1.807) is 11.9 Å². The normalized spacial score (nSPS) is 16.5. The van der Waals surface area contributed by atoms with Gasteiger partial charge < -0.3 is 9.47 Å². The van der Waals surface area contributed by atoms with Crippen LogP contribution in [0.15, 0.2) is 42.5 Å². The highest BCUT2D eigenvalue weighted by atomic mass is 19.1. The quantitative estimate of drug-likeness (QED) is 0.704. The van der Waals surface area contributed by atoms with E-state index in [0.717, 1.165) is 35.5 Å². The zero-order chi connectivity index (χ0) is 18.3. The molecule has 2 heterocycles. The molecule has 1 aromatic heterocycles. The molecule has 1 aliphatic rings. The van der Waals surface area contributed by atoms with Crippen molar-refractivity contribution >= 4 is 16.8 Å². The van der Waals surface area contributed by atoms with E-state index >= 15 is 0 Å². The van der Waals surface area contributed by atoms with Gasteiger partial charge >= 0.3 is 0 Å². The van der Waals surface area contributed by atoms with E-state index in [-0.39, 0.29) is 23.9 Å². The van der Waals surface area contributed by atoms with E-state index in [9.17, 15) is 13.6 Å². The number of aromatic nitrogens is 1. The van der Waals surface area contributed by atoms with Crippen LogP contribution < -0.4 is 0 Å². The highest BCUT2D eigenvalue weighted by Gasteiger charge is 2.26. The van der Waals surface area contributed by atoms with E-state index < -0.39 is 11.6 Å². The third-order valence-corrected chi connectivity index (χ3v) is 5.21. The summed E-state index contributed by atoms with van der Waals surface area (Å²) in [4.78, 5) is 14.3. The fourth-order valence-corrected chi connectivity index (χ4v) is 3.67. The Hall–Kier alpha value is -2.69. The topological polar surface area (TPSA) is 25.2 Å². The molecule has 2 aromatic carbocycles. The average Bonchev–Trinajstić information content (AvgIpc) is 3.01. The zero-order valence-electron chi connectivity index (χ0n) is 14.5. The molecule has 1 amide bonds. The molecule has 1 radical (unpaired) electrons. The predicted octanol–water partition coefficient (Wildman–Crippen LogP) is 3.74. The van der Waals surface area contributed by atoms with Crippen molar-refractivity contribution in [1.29, 1.82) is 0 Å². The van der Waals surface area contributed by atoms with Crippen LogP contribution in [0.4, 0.5) is 8.78 Å². The molecular weight excluding hydrogens is 334 g/mol. The monoisotopic (exact) mass is 353 g/mol. The molecule has 0 N–H and O–H groups in total. The number of nitrogens with zero attached hydrogens (tertiary/aromatic N) is 2. The standard InChI is InChI=1S/C21H19F2N2O/c1-24(21(26)11-14-6-7-16(22)12-19(14)23)18-9-8-17-10-15-4-2-3-5-20(15)25(17)13-18/h2-7,12,18H,8-9,11,13H2,1H3/t18-/m1/s1. The van der Waals surface area contributed by atoms with Gasteiger partial charge in [-0.15, -0.1) is 0 Å². The van der Waals surface area contributed by atoms with Crippen molar-refractivity contribution in [3.05, 3.63) is 71.4 Å². The van der Waals surface area contributed by atoms with Gasteiger partial charge in [-0.1, -0.05) is 24.3 Å². The minimum atomic E-state index is -0.677. The lowest BCUT2D eigenvalue weighted by Gasteiger charge is -2.33.